The van der Waals surface area contributed by atoms with Crippen LogP contribution in [0.25, 0.3) is 0 Å². The topological polar surface area (TPSA) is 69.0 Å². The number of nitrogens with zero attached hydrogens (tertiary/aromatic N) is 3. The lowest BCUT2D eigenvalue weighted by Gasteiger charge is -2.15. The van der Waals surface area contributed by atoms with E-state index in [1.807, 2.05) is 67.1 Å². The van der Waals surface area contributed by atoms with Crippen molar-refractivity contribution in [2.24, 2.45) is 7.05 Å². The molecular weight excluding hydrogens is 396 g/mol. The van der Waals surface area contributed by atoms with Gasteiger partial charge in [0.1, 0.15) is 5.75 Å². The number of carbonyl (C=O) groups is 1. The maximum absolute atomic E-state index is 12.1. The Balaban J connectivity index is 1.54. The van der Waals surface area contributed by atoms with Crippen molar-refractivity contribution in [2.75, 3.05) is 5.75 Å². The molecule has 0 fully saturated rings. The number of para-hydroxylation sites is 1. The fraction of sp³-hybridized carbons (Fsp3) is 0.250. The van der Waals surface area contributed by atoms with Gasteiger partial charge < -0.3 is 14.6 Å². The van der Waals surface area contributed by atoms with E-state index in [4.69, 9.17) is 16.3 Å². The Morgan fingerprint density at radius 3 is 2.64 bits per heavy atom. The van der Waals surface area contributed by atoms with E-state index in [0.29, 0.717) is 28.3 Å². The zero-order chi connectivity index (χ0) is 19.9. The van der Waals surface area contributed by atoms with Crippen molar-refractivity contribution < 1.29 is 9.53 Å². The molecule has 8 heteroatoms. The lowest BCUT2D eigenvalue weighted by Crippen LogP contribution is -2.24. The van der Waals surface area contributed by atoms with Gasteiger partial charge in [-0.3, -0.25) is 4.79 Å². The number of benzene rings is 2. The molecule has 0 unspecified atom stereocenters. The van der Waals surface area contributed by atoms with E-state index < -0.39 is 0 Å². The van der Waals surface area contributed by atoms with Crippen molar-refractivity contribution >= 4 is 29.3 Å². The van der Waals surface area contributed by atoms with E-state index in [9.17, 15) is 4.79 Å². The van der Waals surface area contributed by atoms with Gasteiger partial charge >= 0.3 is 0 Å². The van der Waals surface area contributed by atoms with Gasteiger partial charge in [-0.15, -0.1) is 10.2 Å². The minimum absolute atomic E-state index is 0.0567. The van der Waals surface area contributed by atoms with Gasteiger partial charge in [0, 0.05) is 13.6 Å². The highest BCUT2D eigenvalue weighted by atomic mass is 35.5. The Labute approximate surface area is 173 Å². The number of rotatable bonds is 8. The maximum atomic E-state index is 12.1. The third-order valence-corrected chi connectivity index (χ3v) is 5.37. The molecule has 146 valence electrons. The number of ether oxygens (including phenoxy) is 1. The van der Waals surface area contributed by atoms with Crippen molar-refractivity contribution in [2.45, 2.75) is 24.7 Å². The maximum Gasteiger partial charge on any atom is 0.230 e. The van der Waals surface area contributed by atoms with Crippen molar-refractivity contribution in [3.05, 3.63) is 71.0 Å². The average molecular weight is 417 g/mol. The number of aromatic nitrogens is 3. The molecule has 6 nitrogen and oxygen atoms in total. The van der Waals surface area contributed by atoms with Crippen LogP contribution in [0.15, 0.2) is 59.8 Å². The van der Waals surface area contributed by atoms with Gasteiger partial charge in [-0.25, -0.2) is 0 Å². The molecule has 3 rings (SSSR count). The molecule has 0 bridgehead atoms. The molecule has 0 radical (unpaired) electrons. The second-order valence-electron chi connectivity index (χ2n) is 6.14. The molecule has 0 saturated heterocycles. The molecule has 3 aromatic rings. The molecule has 0 spiro atoms. The molecule has 0 aliphatic carbocycles. The van der Waals surface area contributed by atoms with E-state index >= 15 is 0 Å². The monoisotopic (exact) mass is 416 g/mol. The third kappa shape index (κ3) is 5.27. The summed E-state index contributed by atoms with van der Waals surface area (Å²) in [7, 11) is 1.85. The molecule has 1 amide bonds. The van der Waals surface area contributed by atoms with Gasteiger partial charge in [0.2, 0.25) is 5.91 Å². The Morgan fingerprint density at radius 2 is 1.89 bits per heavy atom. The Kier molecular flexibility index (Phi) is 6.95. The van der Waals surface area contributed by atoms with Crippen molar-refractivity contribution in [3.63, 3.8) is 0 Å². The van der Waals surface area contributed by atoms with Crippen LogP contribution in [0.1, 0.15) is 24.4 Å². The van der Waals surface area contributed by atoms with E-state index in [2.05, 4.69) is 15.5 Å². The predicted octanol–water partition coefficient (Wildman–Crippen LogP) is 4.02. The highest BCUT2D eigenvalue weighted by Gasteiger charge is 2.18. The second kappa shape index (κ2) is 9.61. The van der Waals surface area contributed by atoms with Crippen LogP contribution in [0.3, 0.4) is 0 Å². The summed E-state index contributed by atoms with van der Waals surface area (Å²) in [6, 6.07) is 17.1. The zero-order valence-corrected chi connectivity index (χ0v) is 17.2. The van der Waals surface area contributed by atoms with Crippen LogP contribution in [0.2, 0.25) is 5.02 Å². The molecule has 2 aromatic carbocycles. The van der Waals surface area contributed by atoms with Crippen LogP contribution < -0.4 is 10.1 Å². The van der Waals surface area contributed by atoms with Gasteiger partial charge in [-0.05, 0) is 24.6 Å². The zero-order valence-electron chi connectivity index (χ0n) is 15.6. The smallest absolute Gasteiger partial charge is 0.230 e. The van der Waals surface area contributed by atoms with Crippen LogP contribution >= 0.6 is 23.4 Å². The largest absolute Gasteiger partial charge is 0.481 e. The van der Waals surface area contributed by atoms with Crippen LogP contribution in [-0.4, -0.2) is 26.4 Å². The molecule has 1 aromatic heterocycles. The second-order valence-corrected chi connectivity index (χ2v) is 7.49. The first kappa shape index (κ1) is 20.2. The molecular formula is C20H21ClN4O2S. The highest BCUT2D eigenvalue weighted by molar-refractivity contribution is 7.99. The Morgan fingerprint density at radius 1 is 1.18 bits per heavy atom. The van der Waals surface area contributed by atoms with Crippen molar-refractivity contribution in [1.29, 1.82) is 0 Å². The summed E-state index contributed by atoms with van der Waals surface area (Å²) in [5, 5.41) is 12.5. The SMILES string of the molecule is C[C@H](Oc1ccccc1Cl)c1nnc(SCC(=O)NCc2ccccc2)n1C. The highest BCUT2D eigenvalue weighted by Crippen LogP contribution is 2.28. The number of hydrogen-bond donors (Lipinski definition) is 1. The molecule has 1 atom stereocenters. The molecule has 0 saturated carbocycles. The summed E-state index contributed by atoms with van der Waals surface area (Å²) in [4.78, 5) is 12.1. The minimum atomic E-state index is -0.335. The lowest BCUT2D eigenvalue weighted by molar-refractivity contribution is -0.118. The average Bonchev–Trinajstić information content (AvgIpc) is 3.08. The number of carbonyl (C=O) groups excluding carboxylic acids is 1. The Bertz CT molecular complexity index is 933. The van der Waals surface area contributed by atoms with Crippen LogP contribution in [0, 0.1) is 0 Å². The number of amides is 1. The van der Waals surface area contributed by atoms with Crippen molar-refractivity contribution in [1.82, 2.24) is 20.1 Å². The minimum Gasteiger partial charge on any atom is -0.481 e. The lowest BCUT2D eigenvalue weighted by atomic mass is 10.2. The first-order valence-electron chi connectivity index (χ1n) is 8.78. The number of hydrogen-bond acceptors (Lipinski definition) is 5. The van der Waals surface area contributed by atoms with E-state index in [1.165, 1.54) is 11.8 Å². The summed E-state index contributed by atoms with van der Waals surface area (Å²) in [6.07, 6.45) is -0.335. The third-order valence-electron chi connectivity index (χ3n) is 4.04. The fourth-order valence-corrected chi connectivity index (χ4v) is 3.50. The van der Waals surface area contributed by atoms with Gasteiger partial charge in [0.05, 0.1) is 10.8 Å². The van der Waals surface area contributed by atoms with Crippen LogP contribution in [0.4, 0.5) is 0 Å². The van der Waals surface area contributed by atoms with E-state index in [-0.39, 0.29) is 17.8 Å². The summed E-state index contributed by atoms with van der Waals surface area (Å²) in [5.41, 5.74) is 1.06. The predicted molar refractivity (Wildman–Crippen MR) is 111 cm³/mol. The number of halogens is 1. The number of thioether (sulfide) groups is 1. The standard InChI is InChI=1S/C20H21ClN4O2S/c1-14(27-17-11-7-6-10-16(17)21)19-23-24-20(25(19)2)28-13-18(26)22-12-15-8-4-3-5-9-15/h3-11,14H,12-13H2,1-2H3,(H,22,26)/t14-/m0/s1. The summed E-state index contributed by atoms with van der Waals surface area (Å²) < 4.78 is 7.72. The molecule has 28 heavy (non-hydrogen) atoms. The number of nitrogens with one attached hydrogen (secondary N) is 1. The van der Waals surface area contributed by atoms with E-state index in [1.54, 1.807) is 6.07 Å². The first-order valence-corrected chi connectivity index (χ1v) is 10.1. The van der Waals surface area contributed by atoms with Gasteiger partial charge in [0.15, 0.2) is 17.1 Å². The van der Waals surface area contributed by atoms with Gasteiger partial charge in [-0.1, -0.05) is 65.8 Å². The normalized spacial score (nSPS) is 11.8. The van der Waals surface area contributed by atoms with Crippen molar-refractivity contribution in [3.8, 4) is 5.75 Å². The summed E-state index contributed by atoms with van der Waals surface area (Å²) in [6.45, 7) is 2.39. The quantitative estimate of drug-likeness (QED) is 0.562. The molecule has 0 aliphatic rings. The summed E-state index contributed by atoms with van der Waals surface area (Å²) in [5.74, 6) is 1.46. The van der Waals surface area contributed by atoms with E-state index in [0.717, 1.165) is 5.56 Å². The Hall–Kier alpha value is -2.51. The van der Waals surface area contributed by atoms with Crippen LogP contribution in [-0.2, 0) is 18.4 Å². The fourth-order valence-electron chi connectivity index (χ4n) is 2.57. The van der Waals surface area contributed by atoms with Gasteiger partial charge in [0.25, 0.3) is 0 Å². The van der Waals surface area contributed by atoms with Crippen LogP contribution in [0.5, 0.6) is 5.75 Å². The first-order chi connectivity index (χ1) is 13.5. The molecule has 1 N–H and O–H groups in total. The molecule has 0 aliphatic heterocycles. The summed E-state index contributed by atoms with van der Waals surface area (Å²) >= 11 is 7.48. The van der Waals surface area contributed by atoms with Gasteiger partial charge in [-0.2, -0.15) is 0 Å². The molecule has 1 heterocycles.